The van der Waals surface area contributed by atoms with Crippen molar-refractivity contribution in [2.45, 2.75) is 37.7 Å². The van der Waals surface area contributed by atoms with E-state index in [0.29, 0.717) is 19.0 Å². The number of hydrogen-bond acceptors (Lipinski definition) is 3. The number of rotatable bonds is 5. The molecule has 1 aliphatic carbocycles. The van der Waals surface area contributed by atoms with Gasteiger partial charge >= 0.3 is 0 Å². The van der Waals surface area contributed by atoms with Crippen LogP contribution in [0.2, 0.25) is 0 Å². The zero-order valence-corrected chi connectivity index (χ0v) is 17.3. The summed E-state index contributed by atoms with van der Waals surface area (Å²) in [6.45, 7) is 1.17. The second-order valence-corrected chi connectivity index (χ2v) is 8.53. The number of amides is 1. The number of aliphatic hydroxyl groups excluding tert-OH is 1. The normalized spacial score (nSPS) is 18.4. The minimum atomic E-state index is -0.452. The molecule has 1 saturated heterocycles. The number of aliphatic hydroxyl groups is 1. The molecule has 1 saturated carbocycles. The fourth-order valence-electron chi connectivity index (χ4n) is 4.68. The van der Waals surface area contributed by atoms with E-state index in [1.54, 1.807) is 4.90 Å². The van der Waals surface area contributed by atoms with Crippen molar-refractivity contribution in [2.24, 2.45) is 0 Å². The summed E-state index contributed by atoms with van der Waals surface area (Å²) in [5.41, 5.74) is 6.05. The molecule has 3 aromatic rings. The Kier molecular flexibility index (Phi) is 5.28. The van der Waals surface area contributed by atoms with Crippen molar-refractivity contribution in [1.29, 1.82) is 0 Å². The molecule has 1 amide bonds. The van der Waals surface area contributed by atoms with E-state index < -0.39 is 5.82 Å². The smallest absolute Gasteiger partial charge is 0.272 e. The van der Waals surface area contributed by atoms with Crippen LogP contribution in [0.4, 0.5) is 4.39 Å². The summed E-state index contributed by atoms with van der Waals surface area (Å²) < 4.78 is 13.1. The first-order valence-corrected chi connectivity index (χ1v) is 10.9. The van der Waals surface area contributed by atoms with Gasteiger partial charge in [0.2, 0.25) is 0 Å². The molecule has 0 spiro atoms. The topological polar surface area (TPSA) is 53.4 Å². The SMILES string of the molecule is O=C(c1ccc(F)cn1)N1CC[C@@H](c2ccc(-c3ccccc3C3CC3)cc2CO)C1. The molecule has 1 aliphatic heterocycles. The van der Waals surface area contributed by atoms with E-state index in [2.05, 4.69) is 47.4 Å². The summed E-state index contributed by atoms with van der Waals surface area (Å²) in [7, 11) is 0. The van der Waals surface area contributed by atoms with Crippen LogP contribution in [0, 0.1) is 5.82 Å². The van der Waals surface area contributed by atoms with E-state index >= 15 is 0 Å². The van der Waals surface area contributed by atoms with Gasteiger partial charge < -0.3 is 10.0 Å². The molecule has 31 heavy (non-hydrogen) atoms. The maximum Gasteiger partial charge on any atom is 0.272 e. The van der Waals surface area contributed by atoms with Gasteiger partial charge in [0.15, 0.2) is 0 Å². The highest BCUT2D eigenvalue weighted by molar-refractivity contribution is 5.92. The standard InChI is InChI=1S/C26H25FN2O2/c27-21-8-10-25(28-14-21)26(31)29-12-11-19(15-29)22-9-7-18(13-20(22)16-30)24-4-2-1-3-23(24)17-5-6-17/h1-4,7-10,13-14,17,19,30H,5-6,11-12,15-16H2/t19-/m1/s1. The average Bonchev–Trinajstić information content (AvgIpc) is 3.55. The fourth-order valence-corrected chi connectivity index (χ4v) is 4.68. The number of pyridine rings is 1. The van der Waals surface area contributed by atoms with Crippen molar-refractivity contribution in [1.82, 2.24) is 9.88 Å². The summed E-state index contributed by atoms with van der Waals surface area (Å²) in [4.78, 5) is 18.4. The van der Waals surface area contributed by atoms with Crippen LogP contribution in [0.15, 0.2) is 60.8 Å². The minimum Gasteiger partial charge on any atom is -0.392 e. The van der Waals surface area contributed by atoms with Crippen LogP contribution in [0.5, 0.6) is 0 Å². The molecule has 1 aromatic heterocycles. The maximum absolute atomic E-state index is 13.1. The zero-order valence-electron chi connectivity index (χ0n) is 17.3. The molecular formula is C26H25FN2O2. The van der Waals surface area contributed by atoms with Crippen molar-refractivity contribution in [2.75, 3.05) is 13.1 Å². The molecule has 5 rings (SSSR count). The quantitative estimate of drug-likeness (QED) is 0.645. The third kappa shape index (κ3) is 3.98. The molecule has 0 unspecified atom stereocenters. The number of hydrogen-bond donors (Lipinski definition) is 1. The Morgan fingerprint density at radius 3 is 2.61 bits per heavy atom. The second kappa shape index (κ2) is 8.23. The molecular weight excluding hydrogens is 391 g/mol. The van der Waals surface area contributed by atoms with E-state index in [1.165, 1.54) is 36.1 Å². The maximum atomic E-state index is 13.1. The Balaban J connectivity index is 1.37. The lowest BCUT2D eigenvalue weighted by Gasteiger charge is -2.19. The number of carbonyl (C=O) groups is 1. The van der Waals surface area contributed by atoms with Gasteiger partial charge in [0.1, 0.15) is 11.5 Å². The molecule has 1 N–H and O–H groups in total. The first-order valence-electron chi connectivity index (χ1n) is 10.9. The predicted molar refractivity (Wildman–Crippen MR) is 117 cm³/mol. The minimum absolute atomic E-state index is 0.0290. The summed E-state index contributed by atoms with van der Waals surface area (Å²) in [6.07, 6.45) is 4.40. The molecule has 4 nitrogen and oxygen atoms in total. The Hall–Kier alpha value is -3.05. The average molecular weight is 416 g/mol. The van der Waals surface area contributed by atoms with Crippen molar-refractivity contribution in [3.63, 3.8) is 0 Å². The van der Waals surface area contributed by atoms with Gasteiger partial charge in [-0.15, -0.1) is 0 Å². The van der Waals surface area contributed by atoms with Gasteiger partial charge in [-0.25, -0.2) is 9.37 Å². The van der Waals surface area contributed by atoms with Gasteiger partial charge in [-0.3, -0.25) is 4.79 Å². The predicted octanol–water partition coefficient (Wildman–Crippen LogP) is 4.89. The summed E-state index contributed by atoms with van der Waals surface area (Å²) in [6, 6.07) is 17.6. The van der Waals surface area contributed by atoms with Crippen LogP contribution in [0.25, 0.3) is 11.1 Å². The lowest BCUT2D eigenvalue weighted by molar-refractivity contribution is 0.0785. The van der Waals surface area contributed by atoms with Crippen molar-refractivity contribution >= 4 is 5.91 Å². The molecule has 2 aromatic carbocycles. The second-order valence-electron chi connectivity index (χ2n) is 8.53. The van der Waals surface area contributed by atoms with Crippen molar-refractivity contribution in [3.05, 3.63) is 89.0 Å². The highest BCUT2D eigenvalue weighted by Gasteiger charge is 2.30. The summed E-state index contributed by atoms with van der Waals surface area (Å²) in [5.74, 6) is 0.192. The Morgan fingerprint density at radius 1 is 1.03 bits per heavy atom. The van der Waals surface area contributed by atoms with E-state index in [4.69, 9.17) is 0 Å². The number of likely N-dealkylation sites (tertiary alicyclic amines) is 1. The molecule has 2 aliphatic rings. The van der Waals surface area contributed by atoms with E-state index in [1.807, 2.05) is 0 Å². The zero-order chi connectivity index (χ0) is 21.4. The van der Waals surface area contributed by atoms with Crippen LogP contribution in [0.1, 0.15) is 58.3 Å². The molecule has 5 heteroatoms. The van der Waals surface area contributed by atoms with Crippen molar-refractivity contribution in [3.8, 4) is 11.1 Å². The van der Waals surface area contributed by atoms with Gasteiger partial charge in [-0.2, -0.15) is 0 Å². The van der Waals surface area contributed by atoms with Gasteiger partial charge in [0.05, 0.1) is 12.8 Å². The third-order valence-electron chi connectivity index (χ3n) is 6.46. The van der Waals surface area contributed by atoms with Gasteiger partial charge in [0.25, 0.3) is 5.91 Å². The molecule has 1 atom stereocenters. The number of benzene rings is 2. The van der Waals surface area contributed by atoms with Crippen LogP contribution < -0.4 is 0 Å². The first kappa shape index (κ1) is 19.9. The Morgan fingerprint density at radius 2 is 1.87 bits per heavy atom. The fraction of sp³-hybridized carbons (Fsp3) is 0.308. The van der Waals surface area contributed by atoms with Gasteiger partial charge in [0, 0.05) is 19.0 Å². The lowest BCUT2D eigenvalue weighted by Crippen LogP contribution is -2.29. The summed E-state index contributed by atoms with van der Waals surface area (Å²) >= 11 is 0. The highest BCUT2D eigenvalue weighted by Crippen LogP contribution is 2.44. The monoisotopic (exact) mass is 416 g/mol. The Labute approximate surface area is 181 Å². The molecule has 0 radical (unpaired) electrons. The number of aromatic nitrogens is 1. The van der Waals surface area contributed by atoms with Crippen LogP contribution in [-0.2, 0) is 6.61 Å². The van der Waals surface area contributed by atoms with Crippen LogP contribution in [-0.4, -0.2) is 34.0 Å². The van der Waals surface area contributed by atoms with Crippen molar-refractivity contribution < 1.29 is 14.3 Å². The number of halogens is 1. The van der Waals surface area contributed by atoms with E-state index in [-0.39, 0.29) is 24.1 Å². The largest absolute Gasteiger partial charge is 0.392 e. The van der Waals surface area contributed by atoms with Crippen LogP contribution >= 0.6 is 0 Å². The lowest BCUT2D eigenvalue weighted by atomic mass is 9.89. The number of carbonyl (C=O) groups excluding carboxylic acids is 1. The van der Waals surface area contributed by atoms with Gasteiger partial charge in [-0.05, 0) is 71.2 Å². The van der Waals surface area contributed by atoms with E-state index in [0.717, 1.165) is 29.3 Å². The van der Waals surface area contributed by atoms with Crippen LogP contribution in [0.3, 0.4) is 0 Å². The molecule has 2 heterocycles. The molecule has 158 valence electrons. The first-order chi connectivity index (χ1) is 15.1. The Bertz CT molecular complexity index is 1110. The highest BCUT2D eigenvalue weighted by atomic mass is 19.1. The summed E-state index contributed by atoms with van der Waals surface area (Å²) in [5, 5.41) is 10.1. The molecule has 0 bridgehead atoms. The third-order valence-corrected chi connectivity index (χ3v) is 6.46. The van der Waals surface area contributed by atoms with Gasteiger partial charge in [-0.1, -0.05) is 36.4 Å². The molecule has 2 fully saturated rings. The number of nitrogens with zero attached hydrogens (tertiary/aromatic N) is 2. The van der Waals surface area contributed by atoms with E-state index in [9.17, 15) is 14.3 Å².